The maximum absolute atomic E-state index is 7.86. The van der Waals surface area contributed by atoms with Crippen molar-refractivity contribution in [2.24, 2.45) is 11.1 Å². The fourth-order valence-electron chi connectivity index (χ4n) is 2.82. The van der Waals surface area contributed by atoms with Crippen molar-refractivity contribution < 1.29 is 4.74 Å². The Hall–Kier alpha value is -1.16. The molecule has 0 atom stereocenters. The van der Waals surface area contributed by atoms with E-state index < -0.39 is 0 Å². The van der Waals surface area contributed by atoms with E-state index in [1.54, 1.807) is 11.8 Å². The van der Waals surface area contributed by atoms with Crippen molar-refractivity contribution in [2.45, 2.75) is 57.5 Å². The Morgan fingerprint density at radius 1 is 1.38 bits per heavy atom. The van der Waals surface area contributed by atoms with Crippen molar-refractivity contribution in [3.8, 4) is 5.75 Å². The van der Waals surface area contributed by atoms with E-state index in [4.69, 9.17) is 15.9 Å². The summed E-state index contributed by atoms with van der Waals surface area (Å²) < 4.78 is 6.19. The molecule has 1 aromatic rings. The van der Waals surface area contributed by atoms with Crippen LogP contribution in [0.15, 0.2) is 23.1 Å². The molecule has 0 saturated heterocycles. The van der Waals surface area contributed by atoms with Gasteiger partial charge in [-0.25, -0.2) is 0 Å². The molecule has 1 aliphatic rings. The standard InChI is InChI=1S/C17H26N2OS/c1-4-21-14-7-5-6-13(15(14)16(18)19)20-12-8-10-17(2,3)11-9-12/h5-7,12H,4,8-11H2,1-3H3,(H3,18,19). The Balaban J connectivity index is 2.16. The molecule has 1 saturated carbocycles. The highest BCUT2D eigenvalue weighted by Gasteiger charge is 2.28. The van der Waals surface area contributed by atoms with Gasteiger partial charge in [-0.3, -0.25) is 5.41 Å². The molecule has 3 nitrogen and oxygen atoms in total. The third kappa shape index (κ3) is 4.16. The number of hydrogen-bond donors (Lipinski definition) is 2. The first-order valence-corrected chi connectivity index (χ1v) is 8.68. The van der Waals surface area contributed by atoms with E-state index in [2.05, 4.69) is 20.8 Å². The maximum Gasteiger partial charge on any atom is 0.131 e. The van der Waals surface area contributed by atoms with E-state index in [1.165, 1.54) is 12.8 Å². The van der Waals surface area contributed by atoms with Gasteiger partial charge < -0.3 is 10.5 Å². The molecule has 0 aliphatic heterocycles. The molecule has 0 heterocycles. The van der Waals surface area contributed by atoms with Gasteiger partial charge in [0.25, 0.3) is 0 Å². The molecule has 0 unspecified atom stereocenters. The zero-order valence-electron chi connectivity index (χ0n) is 13.2. The highest BCUT2D eigenvalue weighted by atomic mass is 32.2. The molecule has 21 heavy (non-hydrogen) atoms. The van der Waals surface area contributed by atoms with Crippen LogP contribution in [0, 0.1) is 10.8 Å². The van der Waals surface area contributed by atoms with Gasteiger partial charge in [0.2, 0.25) is 0 Å². The lowest BCUT2D eigenvalue weighted by atomic mass is 9.76. The summed E-state index contributed by atoms with van der Waals surface area (Å²) in [5.41, 5.74) is 6.98. The smallest absolute Gasteiger partial charge is 0.131 e. The van der Waals surface area contributed by atoms with Crippen molar-refractivity contribution in [3.05, 3.63) is 23.8 Å². The van der Waals surface area contributed by atoms with Crippen molar-refractivity contribution in [3.63, 3.8) is 0 Å². The lowest BCUT2D eigenvalue weighted by molar-refractivity contribution is 0.0984. The Bertz CT molecular complexity index is 504. The molecule has 2 rings (SSSR count). The Morgan fingerprint density at radius 3 is 2.62 bits per heavy atom. The number of benzene rings is 1. The van der Waals surface area contributed by atoms with Crippen molar-refractivity contribution in [2.75, 3.05) is 5.75 Å². The van der Waals surface area contributed by atoms with Crippen LogP contribution in [0.2, 0.25) is 0 Å². The van der Waals surface area contributed by atoms with E-state index in [1.807, 2.05) is 18.2 Å². The predicted octanol–water partition coefficient (Wildman–Crippen LogP) is 4.43. The number of amidine groups is 1. The normalized spacial score (nSPS) is 18.4. The molecule has 1 aromatic carbocycles. The molecule has 0 aromatic heterocycles. The number of nitrogen functional groups attached to an aromatic ring is 1. The van der Waals surface area contributed by atoms with Gasteiger partial charge in [0.05, 0.1) is 11.7 Å². The molecule has 4 heteroatoms. The fraction of sp³-hybridized carbons (Fsp3) is 0.588. The summed E-state index contributed by atoms with van der Waals surface area (Å²) in [4.78, 5) is 1.04. The minimum Gasteiger partial charge on any atom is -0.490 e. The van der Waals surface area contributed by atoms with Crippen LogP contribution in [0.5, 0.6) is 5.75 Å². The largest absolute Gasteiger partial charge is 0.490 e. The van der Waals surface area contributed by atoms with E-state index in [0.29, 0.717) is 5.41 Å². The number of rotatable bonds is 5. The minimum atomic E-state index is 0.0951. The zero-order chi connectivity index (χ0) is 15.5. The average Bonchev–Trinajstić information content (AvgIpc) is 2.41. The Labute approximate surface area is 132 Å². The lowest BCUT2D eigenvalue weighted by Gasteiger charge is -2.34. The number of ether oxygens (including phenoxy) is 1. The van der Waals surface area contributed by atoms with Crippen LogP contribution in [0.4, 0.5) is 0 Å². The van der Waals surface area contributed by atoms with Gasteiger partial charge in [-0.1, -0.05) is 26.8 Å². The first-order valence-electron chi connectivity index (χ1n) is 7.70. The first-order chi connectivity index (χ1) is 9.93. The quantitative estimate of drug-likeness (QED) is 0.480. The third-order valence-corrected chi connectivity index (χ3v) is 5.08. The van der Waals surface area contributed by atoms with Crippen LogP contribution in [0.25, 0.3) is 0 Å². The summed E-state index contributed by atoms with van der Waals surface area (Å²) in [6, 6.07) is 5.95. The van der Waals surface area contributed by atoms with Gasteiger partial charge in [0, 0.05) is 4.90 Å². The van der Waals surface area contributed by atoms with Crippen molar-refractivity contribution in [1.29, 1.82) is 5.41 Å². The molecule has 0 bridgehead atoms. The third-order valence-electron chi connectivity index (χ3n) is 4.14. The molecule has 1 aliphatic carbocycles. The summed E-state index contributed by atoms with van der Waals surface area (Å²) >= 11 is 1.71. The molecule has 0 amide bonds. The van der Waals surface area contributed by atoms with Gasteiger partial charge in [0.15, 0.2) is 0 Å². The Kier molecular flexibility index (Phi) is 5.20. The SMILES string of the molecule is CCSc1cccc(OC2CCC(C)(C)CC2)c1C(=N)N. The second-order valence-corrected chi connectivity index (χ2v) is 7.76. The molecule has 0 spiro atoms. The zero-order valence-corrected chi connectivity index (χ0v) is 14.1. The summed E-state index contributed by atoms with van der Waals surface area (Å²) in [6.07, 6.45) is 4.79. The lowest BCUT2D eigenvalue weighted by Crippen LogP contribution is -2.29. The fourth-order valence-corrected chi connectivity index (χ4v) is 3.66. The molecular formula is C17H26N2OS. The molecule has 3 N–H and O–H groups in total. The summed E-state index contributed by atoms with van der Waals surface area (Å²) in [7, 11) is 0. The molecular weight excluding hydrogens is 280 g/mol. The monoisotopic (exact) mass is 306 g/mol. The van der Waals surface area contributed by atoms with Crippen LogP contribution >= 0.6 is 11.8 Å². The van der Waals surface area contributed by atoms with E-state index in [9.17, 15) is 0 Å². The number of nitrogens with one attached hydrogen (secondary N) is 1. The van der Waals surface area contributed by atoms with Gasteiger partial charge in [-0.15, -0.1) is 11.8 Å². The van der Waals surface area contributed by atoms with Crippen molar-refractivity contribution in [1.82, 2.24) is 0 Å². The second kappa shape index (κ2) is 6.73. The Morgan fingerprint density at radius 2 is 2.05 bits per heavy atom. The van der Waals surface area contributed by atoms with Gasteiger partial charge in [-0.2, -0.15) is 0 Å². The maximum atomic E-state index is 7.86. The highest BCUT2D eigenvalue weighted by Crippen LogP contribution is 2.38. The summed E-state index contributed by atoms with van der Waals surface area (Å²) in [5, 5.41) is 7.86. The summed E-state index contributed by atoms with van der Waals surface area (Å²) in [6.45, 7) is 6.75. The van der Waals surface area contributed by atoms with Crippen LogP contribution in [0.3, 0.4) is 0 Å². The topological polar surface area (TPSA) is 59.1 Å². The minimum absolute atomic E-state index is 0.0951. The molecule has 1 fully saturated rings. The second-order valence-electron chi connectivity index (χ2n) is 6.46. The predicted molar refractivity (Wildman–Crippen MR) is 90.5 cm³/mol. The number of hydrogen-bond acceptors (Lipinski definition) is 3. The average molecular weight is 306 g/mol. The first kappa shape index (κ1) is 16.2. The van der Waals surface area contributed by atoms with Crippen molar-refractivity contribution >= 4 is 17.6 Å². The number of thioether (sulfide) groups is 1. The van der Waals surface area contributed by atoms with Crippen LogP contribution in [-0.4, -0.2) is 17.7 Å². The van der Waals surface area contributed by atoms with Gasteiger partial charge in [0.1, 0.15) is 11.6 Å². The van der Waals surface area contributed by atoms with E-state index >= 15 is 0 Å². The van der Waals surface area contributed by atoms with Gasteiger partial charge >= 0.3 is 0 Å². The number of nitrogens with two attached hydrogens (primary N) is 1. The molecule has 0 radical (unpaired) electrons. The summed E-state index contributed by atoms with van der Waals surface area (Å²) in [5.74, 6) is 1.82. The highest BCUT2D eigenvalue weighted by molar-refractivity contribution is 7.99. The van der Waals surface area contributed by atoms with E-state index in [0.717, 1.165) is 34.8 Å². The molecule has 116 valence electrons. The van der Waals surface area contributed by atoms with Crippen LogP contribution in [0.1, 0.15) is 52.0 Å². The van der Waals surface area contributed by atoms with Crippen LogP contribution < -0.4 is 10.5 Å². The van der Waals surface area contributed by atoms with Crippen LogP contribution in [-0.2, 0) is 0 Å². The van der Waals surface area contributed by atoms with Gasteiger partial charge in [-0.05, 0) is 49.0 Å². The van der Waals surface area contributed by atoms with E-state index in [-0.39, 0.29) is 11.9 Å².